The first-order valence-electron chi connectivity index (χ1n) is 20.0. The number of amidine groups is 2. The lowest BCUT2D eigenvalue weighted by atomic mass is 10.1. The quantitative estimate of drug-likeness (QED) is 0.0465. The number of carbonyl (C=O) groups excluding carboxylic acids is 5. The Hall–Kier alpha value is -6.88. The van der Waals surface area contributed by atoms with Gasteiger partial charge in [0.15, 0.2) is 11.5 Å². The van der Waals surface area contributed by atoms with Crippen LogP contribution in [0.4, 0.5) is 21.0 Å². The van der Waals surface area contributed by atoms with Crippen molar-refractivity contribution in [3.63, 3.8) is 0 Å². The first-order chi connectivity index (χ1) is 30.5. The molecule has 2 unspecified atom stereocenters. The summed E-state index contributed by atoms with van der Waals surface area (Å²) >= 11 is 0. The molecule has 3 fully saturated rings. The van der Waals surface area contributed by atoms with Crippen molar-refractivity contribution in [2.75, 3.05) is 75.0 Å². The highest BCUT2D eigenvalue weighted by Crippen LogP contribution is 2.24. The number of cyclic esters (lactones) is 2. The number of esters is 1. The van der Waals surface area contributed by atoms with Crippen LogP contribution in [0.3, 0.4) is 0 Å². The summed E-state index contributed by atoms with van der Waals surface area (Å²) in [6.45, 7) is 7.94. The van der Waals surface area contributed by atoms with E-state index in [1.165, 1.54) is 29.6 Å². The fourth-order valence-electron chi connectivity index (χ4n) is 6.67. The molecule has 0 saturated carbocycles. The number of ether oxygens (including phenoxy) is 3. The van der Waals surface area contributed by atoms with Gasteiger partial charge in [0.2, 0.25) is 0 Å². The first kappa shape index (κ1) is 46.6. The maximum absolute atomic E-state index is 12.5. The van der Waals surface area contributed by atoms with Gasteiger partial charge < -0.3 is 33.7 Å². The average Bonchev–Trinajstić information content (AvgIpc) is 4.10. The molecule has 2 aromatic heterocycles. The van der Waals surface area contributed by atoms with Crippen LogP contribution < -0.4 is 20.4 Å². The van der Waals surface area contributed by atoms with Gasteiger partial charge in [0, 0.05) is 55.2 Å². The Morgan fingerprint density at radius 2 is 1.17 bits per heavy atom. The van der Waals surface area contributed by atoms with Gasteiger partial charge in [0.25, 0.3) is 21.9 Å². The molecule has 4 aromatic rings. The Morgan fingerprint density at radius 1 is 0.719 bits per heavy atom. The van der Waals surface area contributed by atoms with E-state index in [4.69, 9.17) is 33.9 Å². The van der Waals surface area contributed by atoms with Gasteiger partial charge in [0.05, 0.1) is 44.5 Å². The smallest absolute Gasteiger partial charge is 0.414 e. The van der Waals surface area contributed by atoms with Crippen LogP contribution in [-0.2, 0) is 33.3 Å². The molecule has 2 aromatic carbocycles. The van der Waals surface area contributed by atoms with Crippen molar-refractivity contribution in [3.8, 4) is 0 Å². The van der Waals surface area contributed by atoms with E-state index in [9.17, 15) is 32.4 Å². The second-order valence-electron chi connectivity index (χ2n) is 15.0. The molecule has 0 spiro atoms. The summed E-state index contributed by atoms with van der Waals surface area (Å²) < 4.78 is 52.6. The van der Waals surface area contributed by atoms with Crippen molar-refractivity contribution >= 4 is 63.1 Å². The lowest BCUT2D eigenvalue weighted by molar-refractivity contribution is -0.149. The number of hydrogen-bond acceptors (Lipinski definition) is 17. The average molecular weight is 905 g/mol. The Morgan fingerprint density at radius 3 is 1.61 bits per heavy atom. The fourth-order valence-corrected chi connectivity index (χ4v) is 7.07. The van der Waals surface area contributed by atoms with Gasteiger partial charge in [-0.3, -0.25) is 49.0 Å². The van der Waals surface area contributed by atoms with Gasteiger partial charge in [-0.15, -0.1) is 0 Å². The van der Waals surface area contributed by atoms with Crippen LogP contribution in [0, 0.1) is 10.8 Å². The number of nitrogens with zero attached hydrogens (tertiary/aromatic N) is 4. The van der Waals surface area contributed by atoms with Crippen LogP contribution in [0.25, 0.3) is 0 Å². The molecular formula is C42H48N8O13S. The molecule has 4 amide bonds. The van der Waals surface area contributed by atoms with Gasteiger partial charge >= 0.3 is 18.2 Å². The van der Waals surface area contributed by atoms with Crippen LogP contribution in [0.2, 0.25) is 0 Å². The number of benzene rings is 2. The number of carbonyl (C=O) groups is 5. The highest BCUT2D eigenvalue weighted by atomic mass is 32.2. The fraction of sp³-hybridized carbons (Fsp3) is 0.357. The molecule has 2 atom stereocenters. The first-order valence-corrected chi connectivity index (χ1v) is 21.9. The normalized spacial score (nSPS) is 17.9. The maximum atomic E-state index is 12.5. The van der Waals surface area contributed by atoms with E-state index in [0.717, 1.165) is 32.4 Å². The minimum Gasteiger partial charge on any atom is -0.462 e. The zero-order chi connectivity index (χ0) is 46.0. The molecule has 3 saturated heterocycles. The number of hydrogen-bond donors (Lipinski definition) is 4. The Balaban J connectivity index is 0.000000219. The molecule has 22 heteroatoms. The minimum atomic E-state index is -3.63. The van der Waals surface area contributed by atoms with E-state index < -0.39 is 40.2 Å². The van der Waals surface area contributed by atoms with Gasteiger partial charge in [-0.25, -0.2) is 9.59 Å². The van der Waals surface area contributed by atoms with Crippen molar-refractivity contribution < 1.29 is 59.6 Å². The second-order valence-corrected chi connectivity index (χ2v) is 16.7. The van der Waals surface area contributed by atoms with Crippen molar-refractivity contribution in [1.82, 2.24) is 20.4 Å². The van der Waals surface area contributed by atoms with Gasteiger partial charge in [0.1, 0.15) is 30.5 Å². The highest BCUT2D eigenvalue weighted by molar-refractivity contribution is 7.86. The summed E-state index contributed by atoms with van der Waals surface area (Å²) in [5, 5.41) is 21.0. The number of furan rings is 2. The van der Waals surface area contributed by atoms with Gasteiger partial charge in [-0.1, -0.05) is 0 Å². The molecule has 0 radical (unpaired) electrons. The molecule has 340 valence electrons. The summed E-state index contributed by atoms with van der Waals surface area (Å²) in [5.41, 5.74) is 2.08. The molecule has 3 aliphatic heterocycles. The van der Waals surface area contributed by atoms with Gasteiger partial charge in [-0.05, 0) is 86.6 Å². The monoisotopic (exact) mass is 904 g/mol. The number of amides is 4. The Labute approximate surface area is 368 Å². The third kappa shape index (κ3) is 13.1. The molecule has 3 aliphatic rings. The molecular weight excluding hydrogens is 857 g/mol. The summed E-state index contributed by atoms with van der Waals surface area (Å²) in [7, 11) is -3.63. The Kier molecular flexibility index (Phi) is 15.3. The summed E-state index contributed by atoms with van der Waals surface area (Å²) in [4.78, 5) is 67.5. The van der Waals surface area contributed by atoms with Crippen LogP contribution in [-0.4, -0.2) is 143 Å². The second kappa shape index (κ2) is 21.0. The summed E-state index contributed by atoms with van der Waals surface area (Å²) in [6, 6.07) is 19.3. The lowest BCUT2D eigenvalue weighted by Crippen LogP contribution is -2.50. The van der Waals surface area contributed by atoms with E-state index >= 15 is 0 Å². The van der Waals surface area contributed by atoms with Crippen LogP contribution in [0.1, 0.15) is 46.1 Å². The summed E-state index contributed by atoms with van der Waals surface area (Å²) in [5.74, 6) is -1.24. The van der Waals surface area contributed by atoms with Crippen molar-refractivity contribution in [1.29, 1.82) is 10.8 Å². The van der Waals surface area contributed by atoms with E-state index in [0.29, 0.717) is 35.6 Å². The lowest BCUT2D eigenvalue weighted by Gasteiger charge is -2.34. The predicted octanol–water partition coefficient (Wildman–Crippen LogP) is 3.27. The number of anilines is 2. The Bertz CT molecular complexity index is 2400. The predicted molar refractivity (Wildman–Crippen MR) is 229 cm³/mol. The molecule has 7 rings (SSSR count). The third-order valence-electron chi connectivity index (χ3n) is 9.77. The van der Waals surface area contributed by atoms with Crippen LogP contribution in [0.5, 0.6) is 0 Å². The molecule has 64 heavy (non-hydrogen) atoms. The minimum absolute atomic E-state index is 0.0681. The van der Waals surface area contributed by atoms with Crippen LogP contribution in [0.15, 0.2) is 94.2 Å². The SMILES string of the molecule is CC(C)OC(=O)CN1CCN(CC2CN(c3ccc(C(=N)NC(=O)c4ccco4)cc3)C(=O)O2)CC1.CS(=O)(=O)OCC1CN(c2ccc(C(=N)NC(=O)c3ccco3)cc2)C(=O)O1. The largest absolute Gasteiger partial charge is 0.462 e. The standard InChI is InChI=1S/C25H31N5O6.C17H17N3O7S/c1-17(2)35-22(31)16-29-11-9-28(10-12-29)14-20-15-30(25(33)36-20)19-7-5-18(6-8-19)23(26)27-24(32)21-4-3-13-34-21;1-28(23,24)26-10-13-9-20(17(22)27-13)12-6-4-11(5-7-12)15(18)19-16(21)14-3-2-8-25-14/h3-8,13,17,20H,9-12,14-16H2,1-2H3,(H2,26,27,32);2-8,13H,9-10H2,1H3,(H2,18,19,21). The van der Waals surface area contributed by atoms with E-state index in [1.807, 2.05) is 13.8 Å². The zero-order valence-corrected chi connectivity index (χ0v) is 36.0. The number of piperazine rings is 1. The van der Waals surface area contributed by atoms with E-state index in [1.54, 1.807) is 65.6 Å². The maximum Gasteiger partial charge on any atom is 0.414 e. The molecule has 0 bridgehead atoms. The zero-order valence-electron chi connectivity index (χ0n) is 35.2. The van der Waals surface area contributed by atoms with Crippen molar-refractivity contribution in [3.05, 3.63) is 108 Å². The van der Waals surface area contributed by atoms with E-state index in [2.05, 4.69) is 24.6 Å². The van der Waals surface area contributed by atoms with Gasteiger partial charge in [-0.2, -0.15) is 8.42 Å². The summed E-state index contributed by atoms with van der Waals surface area (Å²) in [6.07, 6.45) is 1.53. The molecule has 21 nitrogen and oxygen atoms in total. The number of nitrogens with one attached hydrogen (secondary N) is 4. The molecule has 5 heterocycles. The molecule has 0 aliphatic carbocycles. The van der Waals surface area contributed by atoms with E-state index in [-0.39, 0.29) is 61.1 Å². The van der Waals surface area contributed by atoms with Crippen molar-refractivity contribution in [2.24, 2.45) is 0 Å². The topological polar surface area (TPSA) is 267 Å². The highest BCUT2D eigenvalue weighted by Gasteiger charge is 2.35. The third-order valence-corrected chi connectivity index (χ3v) is 10.3. The van der Waals surface area contributed by atoms with Crippen molar-refractivity contribution in [2.45, 2.75) is 32.2 Å². The molecule has 4 N–H and O–H groups in total. The van der Waals surface area contributed by atoms with Crippen LogP contribution >= 0.6 is 0 Å². The number of rotatable bonds is 14.